The van der Waals surface area contributed by atoms with Crippen molar-refractivity contribution in [1.29, 1.82) is 0 Å². The minimum atomic E-state index is -4.71. The van der Waals surface area contributed by atoms with Gasteiger partial charge in [0.15, 0.2) is 0 Å². The van der Waals surface area contributed by atoms with E-state index in [1.54, 1.807) is 24.0 Å². The van der Waals surface area contributed by atoms with E-state index in [1.807, 2.05) is 30.0 Å². The van der Waals surface area contributed by atoms with E-state index in [9.17, 15) is 22.8 Å². The van der Waals surface area contributed by atoms with Gasteiger partial charge in [-0.1, -0.05) is 30.3 Å². The summed E-state index contributed by atoms with van der Waals surface area (Å²) in [6.07, 6.45) is -2.67. The second-order valence-electron chi connectivity index (χ2n) is 11.0. The summed E-state index contributed by atoms with van der Waals surface area (Å²) in [5.74, 6) is -0.563. The third kappa shape index (κ3) is 6.98. The maximum absolute atomic E-state index is 13.5. The molecule has 10 nitrogen and oxygen atoms in total. The molecule has 3 heterocycles. The molecule has 0 radical (unpaired) electrons. The smallest absolute Gasteiger partial charge is 0.453 e. The van der Waals surface area contributed by atoms with Crippen LogP contribution < -0.4 is 10.1 Å². The van der Waals surface area contributed by atoms with Gasteiger partial charge in [-0.2, -0.15) is 17.9 Å². The van der Waals surface area contributed by atoms with E-state index in [2.05, 4.69) is 33.0 Å². The normalized spacial score (nSPS) is 19.8. The molecular formula is C30H36F3N7O3. The molecule has 3 aromatic rings. The number of hydrogen-bond acceptors (Lipinski definition) is 7. The van der Waals surface area contributed by atoms with E-state index >= 15 is 0 Å². The van der Waals surface area contributed by atoms with Gasteiger partial charge in [-0.15, -0.1) is 5.10 Å². The van der Waals surface area contributed by atoms with Crippen molar-refractivity contribution in [2.24, 2.45) is 5.92 Å². The van der Waals surface area contributed by atoms with Crippen LogP contribution in [0.15, 0.2) is 48.5 Å². The largest absolute Gasteiger partial charge is 0.494 e. The molecule has 230 valence electrons. The van der Waals surface area contributed by atoms with Gasteiger partial charge in [-0.3, -0.25) is 9.59 Å². The number of carbonyl (C=O) groups excluding carboxylic acids is 2. The Morgan fingerprint density at radius 3 is 2.42 bits per heavy atom. The van der Waals surface area contributed by atoms with Crippen molar-refractivity contribution in [3.8, 4) is 11.4 Å². The third-order valence-electron chi connectivity index (χ3n) is 8.31. The quantitative estimate of drug-likeness (QED) is 0.420. The number of halogens is 3. The fourth-order valence-electron chi connectivity index (χ4n) is 6.04. The van der Waals surface area contributed by atoms with E-state index in [-0.39, 0.29) is 35.4 Å². The molecule has 5 rings (SSSR count). The van der Waals surface area contributed by atoms with Crippen LogP contribution in [0.2, 0.25) is 0 Å². The molecule has 2 aliphatic heterocycles. The molecule has 2 unspecified atom stereocenters. The Labute approximate surface area is 248 Å². The van der Waals surface area contributed by atoms with Crippen LogP contribution in [0.3, 0.4) is 0 Å². The number of alkyl halides is 3. The molecule has 43 heavy (non-hydrogen) atoms. The second kappa shape index (κ2) is 13.1. The summed E-state index contributed by atoms with van der Waals surface area (Å²) in [5, 5.41) is 13.6. The summed E-state index contributed by atoms with van der Waals surface area (Å²) in [6.45, 7) is 6.46. The second-order valence-corrected chi connectivity index (χ2v) is 11.0. The fraction of sp³-hybridized carbons (Fsp3) is 0.500. The number of rotatable bonds is 8. The van der Waals surface area contributed by atoms with Crippen LogP contribution in [0.4, 0.5) is 13.2 Å². The first kappa shape index (κ1) is 30.5. The predicted octanol–water partition coefficient (Wildman–Crippen LogP) is 3.81. The summed E-state index contributed by atoms with van der Waals surface area (Å²) in [7, 11) is 0. The van der Waals surface area contributed by atoms with Crippen molar-refractivity contribution in [2.45, 2.75) is 57.8 Å². The van der Waals surface area contributed by atoms with Gasteiger partial charge in [0.1, 0.15) is 5.75 Å². The number of piperidine rings is 2. The Kier molecular flexibility index (Phi) is 9.28. The minimum Gasteiger partial charge on any atom is -0.494 e. The number of amides is 2. The Morgan fingerprint density at radius 2 is 1.74 bits per heavy atom. The van der Waals surface area contributed by atoms with E-state index < -0.39 is 12.0 Å². The summed E-state index contributed by atoms with van der Waals surface area (Å²) in [6, 6.07) is 14.8. The van der Waals surface area contributed by atoms with E-state index in [4.69, 9.17) is 4.74 Å². The minimum absolute atomic E-state index is 0.00270. The Bertz CT molecular complexity index is 1410. The van der Waals surface area contributed by atoms with Crippen LogP contribution in [-0.2, 0) is 22.3 Å². The van der Waals surface area contributed by atoms with Crippen molar-refractivity contribution >= 4 is 11.8 Å². The van der Waals surface area contributed by atoms with Gasteiger partial charge in [-0.05, 0) is 60.4 Å². The molecule has 2 aliphatic rings. The van der Waals surface area contributed by atoms with Crippen LogP contribution in [0.25, 0.3) is 5.69 Å². The highest BCUT2D eigenvalue weighted by molar-refractivity contribution is 5.80. The lowest BCUT2D eigenvalue weighted by Gasteiger charge is -2.42. The lowest BCUT2D eigenvalue weighted by atomic mass is 9.84. The zero-order valence-electron chi connectivity index (χ0n) is 24.3. The molecule has 0 spiro atoms. The van der Waals surface area contributed by atoms with Crippen LogP contribution in [0.1, 0.15) is 56.0 Å². The van der Waals surface area contributed by atoms with Gasteiger partial charge in [-0.25, -0.2) is 0 Å². The molecule has 1 N–H and O–H groups in total. The molecule has 0 aliphatic carbocycles. The van der Waals surface area contributed by atoms with Crippen LogP contribution >= 0.6 is 0 Å². The molecule has 2 fully saturated rings. The standard InChI is InChI=1S/C30H36F3N7O3/c1-3-43-27-10-9-24(40-29(30(31,32)33)35-36-37-40)17-23(27)18-34-26-13-16-39(19-25(26)21-7-5-4-6-8-21)28(42)22-11-14-38(15-12-22)20(2)41/h4-10,17,22,25-26,34H,3,11-16,18-19H2,1-2H3. The zero-order chi connectivity index (χ0) is 30.6. The van der Waals surface area contributed by atoms with Crippen molar-refractivity contribution in [3.05, 3.63) is 65.5 Å². The van der Waals surface area contributed by atoms with Crippen molar-refractivity contribution < 1.29 is 27.5 Å². The number of ether oxygens (including phenoxy) is 1. The Morgan fingerprint density at radius 1 is 1.02 bits per heavy atom. The molecule has 0 saturated carbocycles. The summed E-state index contributed by atoms with van der Waals surface area (Å²) < 4.78 is 46.9. The first-order chi connectivity index (χ1) is 20.7. The van der Waals surface area contributed by atoms with Crippen LogP contribution in [0.5, 0.6) is 5.75 Å². The summed E-state index contributed by atoms with van der Waals surface area (Å²) in [4.78, 5) is 29.0. The van der Waals surface area contributed by atoms with Crippen LogP contribution in [0, 0.1) is 5.92 Å². The molecule has 2 amide bonds. The van der Waals surface area contributed by atoms with Gasteiger partial charge < -0.3 is 19.9 Å². The highest BCUT2D eigenvalue weighted by atomic mass is 19.4. The third-order valence-corrected chi connectivity index (χ3v) is 8.31. The average Bonchev–Trinajstić information content (AvgIpc) is 3.52. The first-order valence-electron chi connectivity index (χ1n) is 14.6. The van der Waals surface area contributed by atoms with Gasteiger partial charge >= 0.3 is 6.18 Å². The predicted molar refractivity (Wildman–Crippen MR) is 151 cm³/mol. The molecule has 0 bridgehead atoms. The topological polar surface area (TPSA) is 105 Å². The highest BCUT2D eigenvalue weighted by Gasteiger charge is 2.39. The SMILES string of the molecule is CCOc1ccc(-n2nnnc2C(F)(F)F)cc1CNC1CCN(C(=O)C2CCN(C(C)=O)CC2)CC1c1ccccc1. The number of tetrazole rings is 1. The van der Waals surface area contributed by atoms with Crippen molar-refractivity contribution in [2.75, 3.05) is 32.8 Å². The molecule has 2 atom stereocenters. The maximum Gasteiger partial charge on any atom is 0.453 e. The summed E-state index contributed by atoms with van der Waals surface area (Å²) in [5.41, 5.74) is 1.95. The van der Waals surface area contributed by atoms with Gasteiger partial charge in [0, 0.05) is 63.1 Å². The maximum atomic E-state index is 13.5. The van der Waals surface area contributed by atoms with E-state index in [1.165, 1.54) is 6.07 Å². The lowest BCUT2D eigenvalue weighted by molar-refractivity contribution is -0.146. The van der Waals surface area contributed by atoms with E-state index in [0.717, 1.165) is 5.56 Å². The molecular weight excluding hydrogens is 563 g/mol. The fourth-order valence-corrected chi connectivity index (χ4v) is 6.04. The van der Waals surface area contributed by atoms with Gasteiger partial charge in [0.2, 0.25) is 11.8 Å². The average molecular weight is 600 g/mol. The first-order valence-corrected chi connectivity index (χ1v) is 14.6. The molecule has 2 aromatic carbocycles. The zero-order valence-corrected chi connectivity index (χ0v) is 24.3. The number of aromatic nitrogens is 4. The number of hydrogen-bond donors (Lipinski definition) is 1. The lowest BCUT2D eigenvalue weighted by Crippen LogP contribution is -2.52. The molecule has 13 heteroatoms. The number of benzene rings is 2. The molecule has 2 saturated heterocycles. The molecule has 1 aromatic heterocycles. The van der Waals surface area contributed by atoms with E-state index in [0.29, 0.717) is 74.6 Å². The number of likely N-dealkylation sites (tertiary alicyclic amines) is 2. The number of nitrogens with zero attached hydrogens (tertiary/aromatic N) is 6. The monoisotopic (exact) mass is 599 g/mol. The Hall–Kier alpha value is -4.00. The van der Waals surface area contributed by atoms with Crippen molar-refractivity contribution in [1.82, 2.24) is 35.3 Å². The number of nitrogens with one attached hydrogen (secondary N) is 1. The summed E-state index contributed by atoms with van der Waals surface area (Å²) >= 11 is 0. The highest BCUT2D eigenvalue weighted by Crippen LogP contribution is 2.32. The van der Waals surface area contributed by atoms with Crippen molar-refractivity contribution in [3.63, 3.8) is 0 Å². The number of carbonyl (C=O) groups is 2. The van der Waals surface area contributed by atoms with Gasteiger partial charge in [0.05, 0.1) is 12.3 Å². The van der Waals surface area contributed by atoms with Crippen LogP contribution in [-0.4, -0.2) is 80.6 Å². The van der Waals surface area contributed by atoms with Gasteiger partial charge in [0.25, 0.3) is 5.82 Å². The Balaban J connectivity index is 1.33.